The summed E-state index contributed by atoms with van der Waals surface area (Å²) < 4.78 is 4.80. The lowest BCUT2D eigenvalue weighted by Crippen LogP contribution is -2.49. The van der Waals surface area contributed by atoms with Crippen LogP contribution in [0.3, 0.4) is 0 Å². The molecule has 3 rings (SSSR count). The molecule has 1 fully saturated rings. The maximum absolute atomic E-state index is 12.5. The molecule has 0 aliphatic carbocycles. The Morgan fingerprint density at radius 3 is 2.48 bits per heavy atom. The number of methoxy groups -OCH3 is 1. The Bertz CT molecular complexity index is 758. The fourth-order valence-electron chi connectivity index (χ4n) is 2.94. The molecule has 0 spiro atoms. The van der Waals surface area contributed by atoms with Crippen LogP contribution in [0.5, 0.6) is 0 Å². The second-order valence-corrected chi connectivity index (χ2v) is 7.37. The van der Waals surface area contributed by atoms with Crippen LogP contribution >= 0.6 is 11.3 Å². The number of hydrogen-bond donors (Lipinski definition) is 2. The highest BCUT2D eigenvalue weighted by Gasteiger charge is 2.21. The van der Waals surface area contributed by atoms with Gasteiger partial charge >= 0.3 is 6.03 Å². The molecule has 2 heterocycles. The van der Waals surface area contributed by atoms with Crippen molar-refractivity contribution in [2.45, 2.75) is 6.54 Å². The third-order valence-corrected chi connectivity index (χ3v) is 5.15. The molecule has 0 bridgehead atoms. The van der Waals surface area contributed by atoms with Crippen molar-refractivity contribution in [2.75, 3.05) is 50.5 Å². The van der Waals surface area contributed by atoms with E-state index in [0.717, 1.165) is 19.6 Å². The van der Waals surface area contributed by atoms with Crippen molar-refractivity contribution in [3.05, 3.63) is 46.7 Å². The van der Waals surface area contributed by atoms with Gasteiger partial charge in [-0.05, 0) is 29.6 Å². The monoisotopic (exact) mass is 388 g/mol. The highest BCUT2D eigenvalue weighted by atomic mass is 32.1. The number of carbonyl (C=O) groups is 2. The van der Waals surface area contributed by atoms with Gasteiger partial charge in [0.15, 0.2) is 0 Å². The van der Waals surface area contributed by atoms with Gasteiger partial charge < -0.3 is 20.3 Å². The van der Waals surface area contributed by atoms with E-state index in [1.165, 1.54) is 12.0 Å². The van der Waals surface area contributed by atoms with Crippen molar-refractivity contribution in [3.63, 3.8) is 0 Å². The number of anilines is 2. The van der Waals surface area contributed by atoms with Gasteiger partial charge in [-0.15, -0.1) is 11.3 Å². The summed E-state index contributed by atoms with van der Waals surface area (Å²) in [6.07, 6.45) is 0. The topological polar surface area (TPSA) is 73.9 Å². The highest BCUT2D eigenvalue weighted by molar-refractivity contribution is 7.09. The van der Waals surface area contributed by atoms with Crippen molar-refractivity contribution in [1.82, 2.24) is 9.80 Å². The molecule has 1 aromatic heterocycles. The molecule has 0 saturated carbocycles. The van der Waals surface area contributed by atoms with E-state index in [1.54, 1.807) is 35.6 Å². The molecule has 1 aliphatic rings. The molecule has 27 heavy (non-hydrogen) atoms. The second kappa shape index (κ2) is 9.50. The minimum atomic E-state index is -0.233. The quantitative estimate of drug-likeness (QED) is 0.798. The molecule has 0 unspecified atom stereocenters. The van der Waals surface area contributed by atoms with Gasteiger partial charge in [-0.1, -0.05) is 12.1 Å². The van der Waals surface area contributed by atoms with E-state index in [2.05, 4.69) is 33.0 Å². The lowest BCUT2D eigenvalue weighted by molar-refractivity contribution is -0.119. The van der Waals surface area contributed by atoms with E-state index >= 15 is 0 Å². The van der Waals surface area contributed by atoms with Gasteiger partial charge in [-0.2, -0.15) is 0 Å². The van der Waals surface area contributed by atoms with Gasteiger partial charge in [0.2, 0.25) is 5.91 Å². The van der Waals surface area contributed by atoms with Crippen LogP contribution in [0.4, 0.5) is 16.2 Å². The fourth-order valence-corrected chi connectivity index (χ4v) is 3.68. The third kappa shape index (κ3) is 5.78. The molecule has 1 aromatic carbocycles. The van der Waals surface area contributed by atoms with Crippen LogP contribution in [0.15, 0.2) is 41.8 Å². The summed E-state index contributed by atoms with van der Waals surface area (Å²) in [5, 5.41) is 7.72. The number of piperazine rings is 1. The van der Waals surface area contributed by atoms with Crippen LogP contribution < -0.4 is 10.6 Å². The minimum absolute atomic E-state index is 0.00760. The van der Waals surface area contributed by atoms with E-state index in [-0.39, 0.29) is 18.5 Å². The molecule has 0 radical (unpaired) electrons. The Labute approximate surface area is 162 Å². The molecule has 0 atom stereocenters. The molecule has 7 nitrogen and oxygen atoms in total. The predicted octanol–water partition coefficient (Wildman–Crippen LogP) is 2.68. The van der Waals surface area contributed by atoms with Gasteiger partial charge in [0, 0.05) is 56.1 Å². The first-order chi connectivity index (χ1) is 13.1. The second-order valence-electron chi connectivity index (χ2n) is 6.33. The molecular formula is C19H24N4O3S. The lowest BCUT2D eigenvalue weighted by atomic mass is 10.2. The lowest BCUT2D eigenvalue weighted by Gasteiger charge is -2.34. The fraction of sp³-hybridized carbons (Fsp3) is 0.368. The van der Waals surface area contributed by atoms with Crippen molar-refractivity contribution in [1.29, 1.82) is 0 Å². The summed E-state index contributed by atoms with van der Waals surface area (Å²) in [4.78, 5) is 29.7. The minimum Gasteiger partial charge on any atom is -0.375 e. The summed E-state index contributed by atoms with van der Waals surface area (Å²) in [5.41, 5.74) is 1.27. The first-order valence-corrected chi connectivity index (χ1v) is 9.71. The average Bonchev–Trinajstić information content (AvgIpc) is 3.16. The summed E-state index contributed by atoms with van der Waals surface area (Å²) in [6.45, 7) is 4.04. The van der Waals surface area contributed by atoms with E-state index in [4.69, 9.17) is 4.74 Å². The summed E-state index contributed by atoms with van der Waals surface area (Å²) >= 11 is 1.76. The van der Waals surface area contributed by atoms with Gasteiger partial charge in [0.25, 0.3) is 0 Å². The van der Waals surface area contributed by atoms with E-state index < -0.39 is 0 Å². The molecule has 8 heteroatoms. The molecular weight excluding hydrogens is 364 g/mol. The number of ether oxygens (including phenoxy) is 1. The Balaban J connectivity index is 1.48. The highest BCUT2D eigenvalue weighted by Crippen LogP contribution is 2.17. The number of carbonyl (C=O) groups excluding carboxylic acids is 2. The van der Waals surface area contributed by atoms with Gasteiger partial charge in [-0.25, -0.2) is 4.79 Å². The van der Waals surface area contributed by atoms with Crippen LogP contribution in [0.1, 0.15) is 4.88 Å². The number of nitrogens with one attached hydrogen (secondary N) is 2. The van der Waals surface area contributed by atoms with Crippen molar-refractivity contribution < 1.29 is 14.3 Å². The zero-order valence-electron chi connectivity index (χ0n) is 15.3. The number of nitrogens with zero attached hydrogens (tertiary/aromatic N) is 2. The SMILES string of the molecule is COCC(=O)Nc1cccc(NC(=O)N2CCN(Cc3cccs3)CC2)c1. The van der Waals surface area contributed by atoms with Crippen LogP contribution in [-0.4, -0.2) is 61.6 Å². The molecule has 1 saturated heterocycles. The summed E-state index contributed by atoms with van der Waals surface area (Å²) in [6, 6.07) is 11.2. The average molecular weight is 388 g/mol. The Morgan fingerprint density at radius 2 is 1.81 bits per heavy atom. The number of amides is 3. The van der Waals surface area contributed by atoms with Crippen LogP contribution in [0.25, 0.3) is 0 Å². The first kappa shape index (κ1) is 19.3. The van der Waals surface area contributed by atoms with Gasteiger partial charge in [0.05, 0.1) is 0 Å². The zero-order chi connectivity index (χ0) is 19.1. The van der Waals surface area contributed by atoms with E-state index in [0.29, 0.717) is 24.5 Å². The van der Waals surface area contributed by atoms with Crippen LogP contribution in [-0.2, 0) is 16.1 Å². The van der Waals surface area contributed by atoms with Gasteiger partial charge in [-0.3, -0.25) is 9.69 Å². The van der Waals surface area contributed by atoms with Gasteiger partial charge in [0.1, 0.15) is 6.61 Å². The number of hydrogen-bond acceptors (Lipinski definition) is 5. The third-order valence-electron chi connectivity index (χ3n) is 4.29. The normalized spacial score (nSPS) is 14.8. The van der Waals surface area contributed by atoms with E-state index in [9.17, 15) is 9.59 Å². The number of thiophene rings is 1. The zero-order valence-corrected chi connectivity index (χ0v) is 16.1. The summed E-state index contributed by atoms with van der Waals surface area (Å²) in [7, 11) is 1.47. The molecule has 144 valence electrons. The van der Waals surface area contributed by atoms with Crippen LogP contribution in [0.2, 0.25) is 0 Å². The van der Waals surface area contributed by atoms with Crippen molar-refractivity contribution in [2.24, 2.45) is 0 Å². The van der Waals surface area contributed by atoms with Crippen LogP contribution in [0, 0.1) is 0 Å². The molecule has 3 amide bonds. The maximum Gasteiger partial charge on any atom is 0.321 e. The number of benzene rings is 1. The van der Waals surface area contributed by atoms with E-state index in [1.807, 2.05) is 4.90 Å². The Morgan fingerprint density at radius 1 is 1.07 bits per heavy atom. The molecule has 2 N–H and O–H groups in total. The summed E-state index contributed by atoms with van der Waals surface area (Å²) in [5.74, 6) is -0.233. The largest absolute Gasteiger partial charge is 0.375 e. The number of rotatable bonds is 6. The maximum atomic E-state index is 12.5. The molecule has 2 aromatic rings. The first-order valence-electron chi connectivity index (χ1n) is 8.83. The predicted molar refractivity (Wildman–Crippen MR) is 107 cm³/mol. The standard InChI is InChI=1S/C19H24N4O3S/c1-26-14-18(24)20-15-4-2-5-16(12-15)21-19(25)23-9-7-22(8-10-23)13-17-6-3-11-27-17/h2-6,11-12H,7-10,13-14H2,1H3,(H,20,24)(H,21,25). The Kier molecular flexibility index (Phi) is 6.80. The Hall–Kier alpha value is -2.42. The number of urea groups is 1. The van der Waals surface area contributed by atoms with Crippen molar-refractivity contribution in [3.8, 4) is 0 Å². The smallest absolute Gasteiger partial charge is 0.321 e. The molecule has 1 aliphatic heterocycles. The van der Waals surface area contributed by atoms with Crippen molar-refractivity contribution >= 4 is 34.6 Å².